The minimum absolute atomic E-state index is 0.0123. The molecular formula is C12H11NO3S. The molecule has 0 aliphatic rings. The highest BCUT2D eigenvalue weighted by Crippen LogP contribution is 2.19. The number of hydrogen-bond acceptors (Lipinski definition) is 3. The molecule has 0 radical (unpaired) electrons. The molecule has 2 rings (SSSR count). The Kier molecular flexibility index (Phi) is 3.01. The van der Waals surface area contributed by atoms with Gasteiger partial charge in [0.15, 0.2) is 0 Å². The predicted octanol–water partition coefficient (Wildman–Crippen LogP) is 2.19. The summed E-state index contributed by atoms with van der Waals surface area (Å²) in [6.07, 6.45) is 0. The summed E-state index contributed by atoms with van der Waals surface area (Å²) in [4.78, 5) is 0.184. The maximum Gasteiger partial charge on any atom is 0.261 e. The minimum atomic E-state index is -3.59. The number of nitrogens with one attached hydrogen (secondary N) is 1. The molecule has 5 heteroatoms. The smallest absolute Gasteiger partial charge is 0.261 e. The second-order valence-electron chi connectivity index (χ2n) is 3.47. The summed E-state index contributed by atoms with van der Waals surface area (Å²) in [6.45, 7) is 0. The topological polar surface area (TPSA) is 66.4 Å². The summed E-state index contributed by atoms with van der Waals surface area (Å²) in [5, 5.41) is 9.25. The van der Waals surface area contributed by atoms with Gasteiger partial charge in [0.2, 0.25) is 0 Å². The van der Waals surface area contributed by atoms with Gasteiger partial charge in [-0.2, -0.15) is 0 Å². The first kappa shape index (κ1) is 11.5. The molecule has 0 spiro atoms. The lowest BCUT2D eigenvalue weighted by atomic mass is 10.3. The number of phenols is 1. The van der Waals surface area contributed by atoms with Crippen molar-refractivity contribution in [3.8, 4) is 5.75 Å². The van der Waals surface area contributed by atoms with Crippen LogP contribution in [0.1, 0.15) is 0 Å². The fourth-order valence-electron chi connectivity index (χ4n) is 1.38. The second kappa shape index (κ2) is 4.47. The lowest BCUT2D eigenvalue weighted by Gasteiger charge is -2.07. The lowest BCUT2D eigenvalue weighted by Crippen LogP contribution is -2.12. The van der Waals surface area contributed by atoms with Gasteiger partial charge in [0.25, 0.3) is 10.0 Å². The third kappa shape index (κ3) is 2.76. The Bertz CT molecular complexity index is 609. The molecule has 4 nitrogen and oxygen atoms in total. The van der Waals surface area contributed by atoms with Gasteiger partial charge in [0, 0.05) is 6.07 Å². The monoisotopic (exact) mass is 249 g/mol. The number of sulfonamides is 1. The Morgan fingerprint density at radius 3 is 2.29 bits per heavy atom. The first-order chi connectivity index (χ1) is 8.08. The van der Waals surface area contributed by atoms with Crippen molar-refractivity contribution < 1.29 is 13.5 Å². The molecule has 0 fully saturated rings. The molecule has 0 bridgehead atoms. The van der Waals surface area contributed by atoms with Crippen molar-refractivity contribution in [2.24, 2.45) is 0 Å². The van der Waals surface area contributed by atoms with Gasteiger partial charge in [-0.05, 0) is 24.3 Å². The maximum atomic E-state index is 11.9. The van der Waals surface area contributed by atoms with Crippen LogP contribution >= 0.6 is 0 Å². The fraction of sp³-hybridized carbons (Fsp3) is 0. The van der Waals surface area contributed by atoms with Crippen LogP contribution in [0.3, 0.4) is 0 Å². The maximum absolute atomic E-state index is 11.9. The van der Waals surface area contributed by atoms with E-state index in [1.165, 1.54) is 24.3 Å². The standard InChI is InChI=1S/C12H11NO3S/c14-11-6-4-5-10(9-11)13-17(15,16)12-7-2-1-3-8-12/h1-9,13-14H. The van der Waals surface area contributed by atoms with Crippen molar-refractivity contribution in [1.82, 2.24) is 0 Å². The zero-order valence-electron chi connectivity index (χ0n) is 8.87. The first-order valence-electron chi connectivity index (χ1n) is 4.95. The molecule has 17 heavy (non-hydrogen) atoms. The van der Waals surface area contributed by atoms with Crippen molar-refractivity contribution in [3.05, 3.63) is 54.6 Å². The van der Waals surface area contributed by atoms with E-state index in [1.54, 1.807) is 30.3 Å². The van der Waals surface area contributed by atoms with Gasteiger partial charge in [-0.25, -0.2) is 8.42 Å². The SMILES string of the molecule is O=S(=O)(Nc1cccc(O)c1)c1ccccc1. The first-order valence-corrected chi connectivity index (χ1v) is 6.43. The summed E-state index contributed by atoms with van der Waals surface area (Å²) in [5.41, 5.74) is 0.328. The summed E-state index contributed by atoms with van der Waals surface area (Å²) >= 11 is 0. The van der Waals surface area contributed by atoms with Crippen LogP contribution in [0.5, 0.6) is 5.75 Å². The van der Waals surface area contributed by atoms with Gasteiger partial charge < -0.3 is 5.11 Å². The second-order valence-corrected chi connectivity index (χ2v) is 5.15. The van der Waals surface area contributed by atoms with E-state index in [2.05, 4.69) is 4.72 Å². The fourth-order valence-corrected chi connectivity index (χ4v) is 2.45. The Morgan fingerprint density at radius 2 is 1.65 bits per heavy atom. The summed E-state index contributed by atoms with van der Waals surface area (Å²) in [7, 11) is -3.59. The third-order valence-electron chi connectivity index (χ3n) is 2.15. The van der Waals surface area contributed by atoms with Gasteiger partial charge >= 0.3 is 0 Å². The van der Waals surface area contributed by atoms with Crippen LogP contribution in [0.2, 0.25) is 0 Å². The van der Waals surface area contributed by atoms with Crippen molar-refractivity contribution in [2.45, 2.75) is 4.90 Å². The molecule has 0 aliphatic carbocycles. The van der Waals surface area contributed by atoms with E-state index in [0.29, 0.717) is 5.69 Å². The van der Waals surface area contributed by atoms with Crippen LogP contribution in [0.25, 0.3) is 0 Å². The van der Waals surface area contributed by atoms with E-state index >= 15 is 0 Å². The Hall–Kier alpha value is -2.01. The number of rotatable bonds is 3. The molecule has 2 N–H and O–H groups in total. The lowest BCUT2D eigenvalue weighted by molar-refractivity contribution is 0.475. The molecule has 0 amide bonds. The van der Waals surface area contributed by atoms with Crippen LogP contribution in [0.4, 0.5) is 5.69 Å². The van der Waals surface area contributed by atoms with Crippen LogP contribution in [0.15, 0.2) is 59.5 Å². The normalized spacial score (nSPS) is 11.1. The average Bonchev–Trinajstić information content (AvgIpc) is 2.29. The van der Waals surface area contributed by atoms with E-state index in [1.807, 2.05) is 0 Å². The minimum Gasteiger partial charge on any atom is -0.508 e. The molecule has 0 atom stereocenters. The van der Waals surface area contributed by atoms with Crippen LogP contribution in [0, 0.1) is 0 Å². The Balaban J connectivity index is 2.30. The van der Waals surface area contributed by atoms with E-state index in [9.17, 15) is 13.5 Å². The summed E-state index contributed by atoms with van der Waals surface area (Å²) in [6, 6.07) is 14.0. The van der Waals surface area contributed by atoms with Crippen molar-refractivity contribution in [1.29, 1.82) is 0 Å². The number of benzene rings is 2. The molecule has 0 heterocycles. The average molecular weight is 249 g/mol. The summed E-state index contributed by atoms with van der Waals surface area (Å²) < 4.78 is 26.2. The highest BCUT2D eigenvalue weighted by Gasteiger charge is 2.13. The number of hydrogen-bond donors (Lipinski definition) is 2. The van der Waals surface area contributed by atoms with Crippen LogP contribution < -0.4 is 4.72 Å². The largest absolute Gasteiger partial charge is 0.508 e. The molecular weight excluding hydrogens is 238 g/mol. The summed E-state index contributed by atoms with van der Waals surface area (Å²) in [5.74, 6) is 0.0123. The van der Waals surface area contributed by atoms with Gasteiger partial charge in [0.05, 0.1) is 10.6 Å². The van der Waals surface area contributed by atoms with Crippen molar-refractivity contribution in [3.63, 3.8) is 0 Å². The van der Waals surface area contributed by atoms with Gasteiger partial charge in [-0.1, -0.05) is 24.3 Å². The molecule has 88 valence electrons. The molecule has 0 aliphatic heterocycles. The van der Waals surface area contributed by atoms with Gasteiger partial charge in [-0.15, -0.1) is 0 Å². The van der Waals surface area contributed by atoms with E-state index in [0.717, 1.165) is 0 Å². The van der Waals surface area contributed by atoms with Gasteiger partial charge in [0.1, 0.15) is 5.75 Å². The molecule has 0 saturated carbocycles. The molecule has 2 aromatic rings. The predicted molar refractivity (Wildman–Crippen MR) is 65.4 cm³/mol. The van der Waals surface area contributed by atoms with Crippen LogP contribution in [-0.2, 0) is 10.0 Å². The number of phenolic OH excluding ortho intramolecular Hbond substituents is 1. The molecule has 0 saturated heterocycles. The quantitative estimate of drug-likeness (QED) is 0.876. The van der Waals surface area contributed by atoms with Gasteiger partial charge in [-0.3, -0.25) is 4.72 Å². The van der Waals surface area contributed by atoms with Crippen molar-refractivity contribution >= 4 is 15.7 Å². The molecule has 0 aromatic heterocycles. The highest BCUT2D eigenvalue weighted by molar-refractivity contribution is 7.92. The van der Waals surface area contributed by atoms with E-state index in [-0.39, 0.29) is 10.6 Å². The zero-order valence-corrected chi connectivity index (χ0v) is 9.68. The molecule has 2 aromatic carbocycles. The van der Waals surface area contributed by atoms with Crippen LogP contribution in [-0.4, -0.2) is 13.5 Å². The van der Waals surface area contributed by atoms with E-state index in [4.69, 9.17) is 0 Å². The Labute approximate surface area is 99.6 Å². The number of anilines is 1. The van der Waals surface area contributed by atoms with Crippen molar-refractivity contribution in [2.75, 3.05) is 4.72 Å². The Morgan fingerprint density at radius 1 is 0.941 bits per heavy atom. The van der Waals surface area contributed by atoms with E-state index < -0.39 is 10.0 Å². The zero-order chi connectivity index (χ0) is 12.3. The molecule has 0 unspecified atom stereocenters. The third-order valence-corrected chi connectivity index (χ3v) is 3.55. The number of aromatic hydroxyl groups is 1. The highest BCUT2D eigenvalue weighted by atomic mass is 32.2.